The van der Waals surface area contributed by atoms with Crippen LogP contribution in [-0.2, 0) is 24.7 Å². The minimum atomic E-state index is -1.59. The molecule has 0 radical (unpaired) electrons. The SMILES string of the molecule is CCOC1=CC(=O)[C@@]2(O1)C(=O)N(C)c1ccccc12. The molecule has 2 aliphatic heterocycles. The Morgan fingerprint density at radius 3 is 2.79 bits per heavy atom. The molecule has 2 heterocycles. The Labute approximate surface area is 110 Å². The summed E-state index contributed by atoms with van der Waals surface area (Å²) in [5, 5.41) is 0. The fourth-order valence-electron chi connectivity index (χ4n) is 2.51. The van der Waals surface area contributed by atoms with Gasteiger partial charge in [0.15, 0.2) is 0 Å². The van der Waals surface area contributed by atoms with Crippen molar-refractivity contribution in [1.29, 1.82) is 0 Å². The van der Waals surface area contributed by atoms with E-state index in [1.54, 1.807) is 32.2 Å². The van der Waals surface area contributed by atoms with E-state index in [9.17, 15) is 9.59 Å². The maximum Gasteiger partial charge on any atom is 0.284 e. The van der Waals surface area contributed by atoms with Crippen LogP contribution in [0.4, 0.5) is 5.69 Å². The van der Waals surface area contributed by atoms with Gasteiger partial charge in [0.05, 0.1) is 18.4 Å². The first-order valence-corrected chi connectivity index (χ1v) is 6.07. The van der Waals surface area contributed by atoms with Gasteiger partial charge in [-0.2, -0.15) is 0 Å². The number of likely N-dealkylation sites (N-methyl/N-ethyl adjacent to an activating group) is 1. The molecule has 5 nitrogen and oxygen atoms in total. The Kier molecular flexibility index (Phi) is 2.38. The lowest BCUT2D eigenvalue weighted by Gasteiger charge is -2.21. The van der Waals surface area contributed by atoms with Gasteiger partial charge in [0, 0.05) is 12.6 Å². The number of amides is 1. The lowest BCUT2D eigenvalue weighted by molar-refractivity contribution is -0.150. The van der Waals surface area contributed by atoms with E-state index < -0.39 is 11.4 Å². The predicted octanol–water partition coefficient (Wildman–Crippen LogP) is 1.34. The summed E-state index contributed by atoms with van der Waals surface area (Å²) >= 11 is 0. The molecule has 1 atom stereocenters. The molecule has 1 aromatic rings. The summed E-state index contributed by atoms with van der Waals surface area (Å²) in [7, 11) is 1.63. The number of fused-ring (bicyclic) bond motifs is 2. The van der Waals surface area contributed by atoms with Crippen LogP contribution < -0.4 is 4.90 Å². The van der Waals surface area contributed by atoms with Crippen LogP contribution in [0.2, 0.25) is 0 Å². The number of ether oxygens (including phenoxy) is 2. The van der Waals surface area contributed by atoms with Crippen molar-refractivity contribution in [2.45, 2.75) is 12.5 Å². The van der Waals surface area contributed by atoms with E-state index in [-0.39, 0.29) is 11.9 Å². The summed E-state index contributed by atoms with van der Waals surface area (Å²) in [5.41, 5.74) is -0.332. The van der Waals surface area contributed by atoms with Crippen molar-refractivity contribution < 1.29 is 19.1 Å². The van der Waals surface area contributed by atoms with Crippen molar-refractivity contribution in [3.8, 4) is 0 Å². The van der Waals surface area contributed by atoms with Crippen LogP contribution >= 0.6 is 0 Å². The topological polar surface area (TPSA) is 55.8 Å². The molecule has 0 bridgehead atoms. The zero-order chi connectivity index (χ0) is 13.6. The van der Waals surface area contributed by atoms with Crippen LogP contribution in [0.5, 0.6) is 0 Å². The number of nitrogens with zero attached hydrogens (tertiary/aromatic N) is 1. The number of carbonyl (C=O) groups excluding carboxylic acids is 2. The second-order valence-corrected chi connectivity index (χ2v) is 4.43. The third-order valence-corrected chi connectivity index (χ3v) is 3.39. The molecule has 0 aromatic heterocycles. The van der Waals surface area contributed by atoms with Gasteiger partial charge in [-0.3, -0.25) is 9.59 Å². The van der Waals surface area contributed by atoms with Gasteiger partial charge in [-0.05, 0) is 13.0 Å². The van der Waals surface area contributed by atoms with Gasteiger partial charge in [-0.25, -0.2) is 0 Å². The monoisotopic (exact) mass is 259 g/mol. The molecular formula is C14H13NO4. The Bertz CT molecular complexity index is 607. The zero-order valence-electron chi connectivity index (χ0n) is 10.7. The summed E-state index contributed by atoms with van der Waals surface area (Å²) in [6.45, 7) is 2.16. The summed E-state index contributed by atoms with van der Waals surface area (Å²) in [6.07, 6.45) is 1.25. The molecule has 19 heavy (non-hydrogen) atoms. The minimum Gasteiger partial charge on any atom is -0.466 e. The van der Waals surface area contributed by atoms with Crippen LogP contribution in [0.1, 0.15) is 12.5 Å². The second-order valence-electron chi connectivity index (χ2n) is 4.43. The number of ketones is 1. The zero-order valence-corrected chi connectivity index (χ0v) is 10.7. The molecule has 0 N–H and O–H groups in total. The molecule has 1 aromatic carbocycles. The molecule has 0 fully saturated rings. The van der Waals surface area contributed by atoms with Gasteiger partial charge in [0.25, 0.3) is 17.5 Å². The lowest BCUT2D eigenvalue weighted by Crippen LogP contribution is -2.43. The van der Waals surface area contributed by atoms with Crippen LogP contribution in [0.15, 0.2) is 36.3 Å². The smallest absolute Gasteiger partial charge is 0.284 e. The minimum absolute atomic E-state index is 0.103. The van der Waals surface area contributed by atoms with Crippen LogP contribution in [-0.4, -0.2) is 25.3 Å². The first kappa shape index (κ1) is 11.8. The molecule has 1 amide bonds. The second kappa shape index (κ2) is 3.85. The predicted molar refractivity (Wildman–Crippen MR) is 67.3 cm³/mol. The molecular weight excluding hydrogens is 246 g/mol. The van der Waals surface area contributed by atoms with Crippen LogP contribution in [0, 0.1) is 0 Å². The number of hydrogen-bond donors (Lipinski definition) is 0. The molecule has 0 saturated carbocycles. The van der Waals surface area contributed by atoms with E-state index in [0.717, 1.165) is 0 Å². The summed E-state index contributed by atoms with van der Waals surface area (Å²) in [5.74, 6) is -0.673. The molecule has 5 heteroatoms. The number of carbonyl (C=O) groups is 2. The summed E-state index contributed by atoms with van der Waals surface area (Å²) in [6, 6.07) is 7.12. The number of benzene rings is 1. The standard InChI is InChI=1S/C14H13NO4/c1-3-18-12-8-11(16)14(19-12)9-6-4-5-7-10(9)15(2)13(14)17/h4-8H,3H2,1-2H3/t14-/m1/s1. The van der Waals surface area contributed by atoms with Gasteiger partial charge in [0.1, 0.15) is 0 Å². The molecule has 98 valence electrons. The molecule has 1 spiro atoms. The van der Waals surface area contributed by atoms with Gasteiger partial charge in [-0.15, -0.1) is 0 Å². The number of anilines is 1. The number of hydrogen-bond acceptors (Lipinski definition) is 4. The Morgan fingerprint density at radius 2 is 2.05 bits per heavy atom. The first-order chi connectivity index (χ1) is 9.11. The van der Waals surface area contributed by atoms with Crippen molar-refractivity contribution >= 4 is 17.4 Å². The van der Waals surface area contributed by atoms with E-state index in [4.69, 9.17) is 9.47 Å². The normalized spacial score (nSPS) is 24.5. The lowest BCUT2D eigenvalue weighted by atomic mass is 9.92. The number of rotatable bonds is 2. The highest BCUT2D eigenvalue weighted by Crippen LogP contribution is 2.46. The summed E-state index contributed by atoms with van der Waals surface area (Å²) in [4.78, 5) is 26.2. The third kappa shape index (κ3) is 1.35. The molecule has 2 aliphatic rings. The maximum absolute atomic E-state index is 12.4. The summed E-state index contributed by atoms with van der Waals surface area (Å²) < 4.78 is 10.8. The van der Waals surface area contributed by atoms with Crippen LogP contribution in [0.25, 0.3) is 0 Å². The van der Waals surface area contributed by atoms with E-state index >= 15 is 0 Å². The van der Waals surface area contributed by atoms with Gasteiger partial charge < -0.3 is 14.4 Å². The highest BCUT2D eigenvalue weighted by Gasteiger charge is 2.60. The Balaban J connectivity index is 2.12. The van der Waals surface area contributed by atoms with Crippen molar-refractivity contribution in [3.05, 3.63) is 41.9 Å². The van der Waals surface area contributed by atoms with Crippen LogP contribution in [0.3, 0.4) is 0 Å². The fourth-order valence-corrected chi connectivity index (χ4v) is 2.51. The van der Waals surface area contributed by atoms with Crippen molar-refractivity contribution in [2.75, 3.05) is 18.6 Å². The number of para-hydroxylation sites is 1. The Hall–Kier alpha value is -2.30. The molecule has 0 aliphatic carbocycles. The van der Waals surface area contributed by atoms with E-state index in [2.05, 4.69) is 0 Å². The molecule has 0 unspecified atom stereocenters. The first-order valence-electron chi connectivity index (χ1n) is 6.07. The average molecular weight is 259 g/mol. The highest BCUT2D eigenvalue weighted by molar-refractivity contribution is 6.24. The Morgan fingerprint density at radius 1 is 1.32 bits per heavy atom. The highest BCUT2D eigenvalue weighted by atomic mass is 16.7. The quantitative estimate of drug-likeness (QED) is 0.752. The van der Waals surface area contributed by atoms with Crippen molar-refractivity contribution in [2.24, 2.45) is 0 Å². The molecule has 0 saturated heterocycles. The van der Waals surface area contributed by atoms with E-state index in [0.29, 0.717) is 17.9 Å². The van der Waals surface area contributed by atoms with Crippen molar-refractivity contribution in [1.82, 2.24) is 0 Å². The van der Waals surface area contributed by atoms with Gasteiger partial charge in [0.2, 0.25) is 5.78 Å². The van der Waals surface area contributed by atoms with Crippen molar-refractivity contribution in [3.63, 3.8) is 0 Å². The molecule has 3 rings (SSSR count). The van der Waals surface area contributed by atoms with E-state index in [1.807, 2.05) is 6.07 Å². The largest absolute Gasteiger partial charge is 0.466 e. The van der Waals surface area contributed by atoms with Gasteiger partial charge in [-0.1, -0.05) is 18.2 Å². The average Bonchev–Trinajstić information content (AvgIpc) is 2.84. The third-order valence-electron chi connectivity index (χ3n) is 3.39. The van der Waals surface area contributed by atoms with Gasteiger partial charge >= 0.3 is 0 Å². The maximum atomic E-state index is 12.4. The fraction of sp³-hybridized carbons (Fsp3) is 0.286. The van der Waals surface area contributed by atoms with E-state index in [1.165, 1.54) is 11.0 Å².